The maximum absolute atomic E-state index is 13.1. The van der Waals surface area contributed by atoms with Gasteiger partial charge in [-0.2, -0.15) is 0 Å². The molecule has 19 aromatic rings. The molecule has 0 unspecified atom stereocenters. The number of benzene rings is 9. The molecule has 10 heterocycles. The minimum atomic E-state index is -3.72. The fraction of sp³-hybridized carbons (Fsp3) is 0.109. The van der Waals surface area contributed by atoms with Gasteiger partial charge in [0.2, 0.25) is 0 Å². The zero-order valence-electron chi connectivity index (χ0n) is 74.6. The molecular formula is C101H100BBrN10Na2O12S2. The van der Waals surface area contributed by atoms with Gasteiger partial charge in [0.15, 0.2) is 11.3 Å². The Hall–Kier alpha value is -12.2. The molecule has 0 spiro atoms. The van der Waals surface area contributed by atoms with Crippen LogP contribution in [0.4, 0.5) is 0 Å². The van der Waals surface area contributed by atoms with Crippen molar-refractivity contribution >= 4 is 110 Å². The fourth-order valence-corrected chi connectivity index (χ4v) is 16.0. The van der Waals surface area contributed by atoms with Crippen molar-refractivity contribution in [3.05, 3.63) is 398 Å². The summed E-state index contributed by atoms with van der Waals surface area (Å²) in [6, 6.07) is 98.4. The Morgan fingerprint density at radius 3 is 1.13 bits per heavy atom. The number of aliphatic hydroxyl groups excluding tert-OH is 1. The monoisotopic (exact) mass is 1840 g/mol. The Kier molecular flexibility index (Phi) is 43.6. The first-order valence-electron chi connectivity index (χ1n) is 40.8. The maximum Gasteiger partial charge on any atom is 1.00 e. The van der Waals surface area contributed by atoms with E-state index in [0.29, 0.717) is 34.4 Å². The maximum atomic E-state index is 13.1. The third-order valence-electron chi connectivity index (χ3n) is 18.6. The summed E-state index contributed by atoms with van der Waals surface area (Å²) in [6.07, 6.45) is 17.8. The predicted molar refractivity (Wildman–Crippen MR) is 513 cm³/mol. The van der Waals surface area contributed by atoms with Crippen molar-refractivity contribution in [1.82, 2.24) is 47.8 Å². The number of aromatic nitrogens is 10. The molecule has 0 saturated heterocycles. The fourth-order valence-electron chi connectivity index (χ4n) is 12.7. The Balaban J connectivity index is 0.000000237. The average Bonchev–Trinajstić information content (AvgIpc) is 1.60. The first kappa shape index (κ1) is 104. The van der Waals surface area contributed by atoms with Gasteiger partial charge < -0.3 is 51.2 Å². The second kappa shape index (κ2) is 54.2. The molecule has 0 aliphatic heterocycles. The molecule has 0 atom stereocenters. The second-order valence-corrected chi connectivity index (χ2v) is 31.1. The number of fused-ring (bicyclic) bond motifs is 5. The van der Waals surface area contributed by atoms with E-state index in [4.69, 9.17) is 34.7 Å². The van der Waals surface area contributed by atoms with Crippen LogP contribution in [0.1, 0.15) is 65.2 Å². The van der Waals surface area contributed by atoms with Crippen LogP contribution in [0.5, 0.6) is 11.5 Å². The summed E-state index contributed by atoms with van der Waals surface area (Å²) in [5, 5.41) is 37.6. The van der Waals surface area contributed by atoms with Gasteiger partial charge in [0.25, 0.3) is 26.5 Å². The molecule has 0 fully saturated rings. The van der Waals surface area contributed by atoms with Crippen molar-refractivity contribution < 1.29 is 117 Å². The number of carbonyl (C=O) groups excluding carboxylic acids is 1. The molecule has 0 radical (unpaired) electrons. The van der Waals surface area contributed by atoms with Gasteiger partial charge in [-0.3, -0.25) is 4.79 Å². The van der Waals surface area contributed by atoms with Crippen molar-refractivity contribution in [1.29, 1.82) is 0 Å². The van der Waals surface area contributed by atoms with Crippen LogP contribution in [0.3, 0.4) is 0 Å². The van der Waals surface area contributed by atoms with Crippen LogP contribution in [0.15, 0.2) is 386 Å². The van der Waals surface area contributed by atoms with E-state index in [9.17, 15) is 16.8 Å². The van der Waals surface area contributed by atoms with Crippen LogP contribution in [0.2, 0.25) is 0 Å². The normalized spacial score (nSPS) is 10.2. The van der Waals surface area contributed by atoms with Gasteiger partial charge >= 0.3 is 66.2 Å². The number of H-pyrrole nitrogens is 3. The van der Waals surface area contributed by atoms with Gasteiger partial charge in [-0.1, -0.05) is 253 Å². The molecule has 28 heteroatoms. The van der Waals surface area contributed by atoms with Crippen molar-refractivity contribution in [2.75, 3.05) is 7.11 Å². The number of aryl methyl sites for hydroxylation is 2. The quantitative estimate of drug-likeness (QED) is 0.0227. The van der Waals surface area contributed by atoms with Gasteiger partial charge in [-0.05, 0) is 178 Å². The molecule has 19 rings (SSSR count). The number of aliphatic hydroxyl groups is 1. The van der Waals surface area contributed by atoms with E-state index in [1.54, 1.807) is 116 Å². The molecule has 0 aliphatic carbocycles. The third kappa shape index (κ3) is 28.6. The molecule has 6 N–H and O–H groups in total. The summed E-state index contributed by atoms with van der Waals surface area (Å²) in [7, 11) is -7.69. The molecule has 10 aromatic heterocycles. The third-order valence-corrected chi connectivity index (χ3v) is 22.6. The van der Waals surface area contributed by atoms with Crippen LogP contribution < -0.4 is 79.3 Å². The van der Waals surface area contributed by atoms with Crippen molar-refractivity contribution in [2.24, 2.45) is 0 Å². The van der Waals surface area contributed by atoms with E-state index in [-0.39, 0.29) is 76.8 Å². The van der Waals surface area contributed by atoms with Crippen LogP contribution in [-0.2, 0) is 42.9 Å². The SMILES string of the molecule is CC.CC.CC.CO.Cc1ccc(S(=O)(=O)n2cc(-c3ccccc3)c3cccnc32)cc1.Cc1ccc(S(=O)(=O)n2cc(Br)c3cccnc32)cc1.O=CO[O-].OB(O)c1ccccc1.[H-].[Na+].[Na+].c1ccc(-c2c[nH]c3ncccc23)cc1.c1ccc(COc2ccc(-c3c[nH]c4ncccc34)cc2)cc1.c1ccc(COc2cccc(-c3c[nH]c4ncccc34)c2)cc1. The molecule has 0 saturated carbocycles. The first-order chi connectivity index (χ1) is 62.0. The number of ether oxygens (including phenoxy) is 2. The van der Waals surface area contributed by atoms with Crippen LogP contribution in [0, 0.1) is 13.8 Å². The number of hydrogen-bond donors (Lipinski definition) is 6. The first-order valence-corrected chi connectivity index (χ1v) is 44.4. The molecular weight excluding hydrogens is 1750 g/mol. The van der Waals surface area contributed by atoms with Crippen LogP contribution in [-0.4, -0.2) is 101 Å². The number of aromatic amines is 3. The molecule has 650 valence electrons. The molecule has 0 aliphatic rings. The van der Waals surface area contributed by atoms with Gasteiger partial charge in [-0.25, -0.2) is 49.7 Å². The van der Waals surface area contributed by atoms with Crippen molar-refractivity contribution in [2.45, 2.75) is 78.4 Å². The zero-order valence-corrected chi connectivity index (χ0v) is 80.8. The number of nitrogens with one attached hydrogen (secondary N) is 3. The Morgan fingerprint density at radius 1 is 0.395 bits per heavy atom. The molecule has 22 nitrogen and oxygen atoms in total. The van der Waals surface area contributed by atoms with E-state index in [1.807, 2.05) is 226 Å². The molecule has 129 heavy (non-hydrogen) atoms. The van der Waals surface area contributed by atoms with E-state index >= 15 is 0 Å². The van der Waals surface area contributed by atoms with Gasteiger partial charge in [0.1, 0.15) is 41.7 Å². The minimum Gasteiger partial charge on any atom is -1.00 e. The Labute approximate surface area is 807 Å². The summed E-state index contributed by atoms with van der Waals surface area (Å²) in [4.78, 5) is 42.8. The van der Waals surface area contributed by atoms with E-state index in [2.05, 4.69) is 140 Å². The predicted octanol–water partition coefficient (Wildman–Crippen LogP) is 15.0. The largest absolute Gasteiger partial charge is 1.00 e. The number of rotatable bonds is 16. The van der Waals surface area contributed by atoms with E-state index in [0.717, 1.165) is 107 Å². The summed E-state index contributed by atoms with van der Waals surface area (Å²) in [5.74, 6) is 1.74. The zero-order chi connectivity index (χ0) is 90.9. The number of halogens is 1. The number of pyridine rings is 5. The van der Waals surface area contributed by atoms with E-state index in [1.165, 1.54) is 36.2 Å². The van der Waals surface area contributed by atoms with Crippen molar-refractivity contribution in [3.8, 4) is 56.0 Å². The molecule has 0 amide bonds. The van der Waals surface area contributed by atoms with Gasteiger partial charge in [-0.15, -0.1) is 0 Å². The minimum absolute atomic E-state index is 0. The summed E-state index contributed by atoms with van der Waals surface area (Å²) >= 11 is 3.37. The standard InChI is InChI=1S/C20H16N2O2S.2C20H16N2O.C14H11BrN2O2S.C13H10N2.C6H7BO2.3C2H6.CH2O3.CH4O.2Na.H/c1-15-9-11-17(12-10-15)25(23,24)22-14-19(16-6-3-2-4-7-16)18-8-5-13-21-20(18)22;1-2-6-15(7-3-1)14-23-17-9-4-8-16(12-17)19-13-22-20-18(19)10-5-11-21-20;1-2-5-15(6-3-1)14-23-17-10-8-16(9-11-17)19-13-22-20-18(19)7-4-12-21-20;1-10-4-6-11(7-5-10)20(18,19)17-9-13(15)12-3-2-8-16-14(12)17;1-2-5-10(6-3-1)12-9-15-13-11(12)7-4-8-14-13;8-7(9)6-4-2-1-3-5-6;3*1-2;2-1-4-3;1-2;;;/h2-14H,1H3;2*1-13H,14H2,(H,21,22);2-9H,1H3;1-9H,(H,14,15);1-5,8-9H;3*1-2H3;1,3H;2H,1H3;;;/q;;;;;;;;;;;2*+1;-1/p-1. The van der Waals surface area contributed by atoms with Gasteiger partial charge in [0.05, 0.1) is 9.79 Å². The summed E-state index contributed by atoms with van der Waals surface area (Å²) < 4.78 is 66.5. The Morgan fingerprint density at radius 2 is 0.729 bits per heavy atom. The van der Waals surface area contributed by atoms with Crippen molar-refractivity contribution in [3.63, 3.8) is 0 Å². The van der Waals surface area contributed by atoms with Gasteiger partial charge in [0, 0.05) is 123 Å². The second-order valence-electron chi connectivity index (χ2n) is 26.6. The molecule has 9 aromatic carbocycles. The number of hydrogen-bond acceptors (Lipinski definition) is 17. The topological polar surface area (TPSA) is 318 Å². The summed E-state index contributed by atoms with van der Waals surface area (Å²) in [5.41, 5.74) is 17.3. The summed E-state index contributed by atoms with van der Waals surface area (Å²) in [6.45, 7) is 16.8. The smallest absolute Gasteiger partial charge is 1.00 e. The molecule has 0 bridgehead atoms. The number of carbonyl (C=O) groups is 1. The average molecular weight is 1850 g/mol. The van der Waals surface area contributed by atoms with Crippen LogP contribution in [0.25, 0.3) is 99.7 Å². The van der Waals surface area contributed by atoms with Crippen LogP contribution >= 0.6 is 15.9 Å². The van der Waals surface area contributed by atoms with E-state index < -0.39 is 27.2 Å². The number of nitrogens with zero attached hydrogens (tertiary/aromatic N) is 7. The Bertz CT molecular complexity index is 6760.